The SMILES string of the molecule is Cc1c(C)c2c3c(c1C)c(=O)c(C)cn3C(C)CC2=O. The van der Waals surface area contributed by atoms with E-state index < -0.39 is 0 Å². The molecule has 0 saturated heterocycles. The van der Waals surface area contributed by atoms with Crippen molar-refractivity contribution in [1.29, 1.82) is 0 Å². The van der Waals surface area contributed by atoms with Crippen molar-refractivity contribution >= 4 is 16.7 Å². The molecule has 0 saturated carbocycles. The highest BCUT2D eigenvalue weighted by molar-refractivity contribution is 6.10. The van der Waals surface area contributed by atoms with E-state index in [1.807, 2.05) is 40.8 Å². The summed E-state index contributed by atoms with van der Waals surface area (Å²) in [6, 6.07) is 0.110. The molecule has 20 heavy (non-hydrogen) atoms. The topological polar surface area (TPSA) is 39.1 Å². The fourth-order valence-corrected chi connectivity index (χ4v) is 3.36. The van der Waals surface area contributed by atoms with Crippen LogP contribution >= 0.6 is 0 Å². The molecule has 3 nitrogen and oxygen atoms in total. The van der Waals surface area contributed by atoms with E-state index in [-0.39, 0.29) is 17.3 Å². The first-order valence-electron chi connectivity index (χ1n) is 7.03. The number of ketones is 1. The molecule has 1 aromatic heterocycles. The van der Waals surface area contributed by atoms with Crippen LogP contribution in [0.15, 0.2) is 11.0 Å². The Hall–Kier alpha value is -1.90. The molecule has 0 amide bonds. The molecular weight excluding hydrogens is 250 g/mol. The molecule has 1 aliphatic rings. The van der Waals surface area contributed by atoms with Crippen LogP contribution in [0.2, 0.25) is 0 Å². The first-order valence-corrected chi connectivity index (χ1v) is 7.03. The maximum Gasteiger partial charge on any atom is 0.192 e. The summed E-state index contributed by atoms with van der Waals surface area (Å²) in [7, 11) is 0. The molecule has 2 aromatic rings. The normalized spacial score (nSPS) is 17.9. The summed E-state index contributed by atoms with van der Waals surface area (Å²) in [4.78, 5) is 25.0. The van der Waals surface area contributed by atoms with Crippen LogP contribution in [0.4, 0.5) is 0 Å². The Labute approximate surface area is 118 Å². The Kier molecular flexibility index (Phi) is 2.65. The Bertz CT molecular complexity index is 827. The molecule has 0 fully saturated rings. The van der Waals surface area contributed by atoms with Gasteiger partial charge in [0.05, 0.1) is 5.52 Å². The fraction of sp³-hybridized carbons (Fsp3) is 0.412. The molecule has 0 radical (unpaired) electrons. The Morgan fingerprint density at radius 2 is 1.70 bits per heavy atom. The van der Waals surface area contributed by atoms with Crippen LogP contribution in [-0.4, -0.2) is 10.4 Å². The average molecular weight is 269 g/mol. The molecule has 0 bridgehead atoms. The van der Waals surface area contributed by atoms with Gasteiger partial charge in [-0.15, -0.1) is 0 Å². The van der Waals surface area contributed by atoms with E-state index in [1.54, 1.807) is 0 Å². The molecule has 1 aliphatic heterocycles. The van der Waals surface area contributed by atoms with Crippen LogP contribution in [0.1, 0.15) is 52.0 Å². The van der Waals surface area contributed by atoms with Crippen LogP contribution in [0.3, 0.4) is 0 Å². The van der Waals surface area contributed by atoms with Gasteiger partial charge in [-0.2, -0.15) is 0 Å². The second kappa shape index (κ2) is 4.05. The lowest BCUT2D eigenvalue weighted by atomic mass is 9.86. The van der Waals surface area contributed by atoms with Crippen molar-refractivity contribution in [2.24, 2.45) is 0 Å². The molecule has 0 N–H and O–H groups in total. The van der Waals surface area contributed by atoms with E-state index in [4.69, 9.17) is 0 Å². The number of nitrogens with zero attached hydrogens (tertiary/aromatic N) is 1. The van der Waals surface area contributed by atoms with Crippen molar-refractivity contribution < 1.29 is 4.79 Å². The second-order valence-electron chi connectivity index (χ2n) is 6.00. The van der Waals surface area contributed by atoms with E-state index in [9.17, 15) is 9.59 Å². The number of pyridine rings is 1. The molecule has 1 unspecified atom stereocenters. The zero-order valence-electron chi connectivity index (χ0n) is 12.6. The Balaban J connectivity index is 2.71. The van der Waals surface area contributed by atoms with Crippen molar-refractivity contribution in [2.75, 3.05) is 0 Å². The van der Waals surface area contributed by atoms with Crippen LogP contribution < -0.4 is 5.43 Å². The molecule has 3 heteroatoms. The largest absolute Gasteiger partial charge is 0.343 e. The minimum absolute atomic E-state index is 0.0556. The molecule has 3 rings (SSSR count). The van der Waals surface area contributed by atoms with Crippen molar-refractivity contribution in [3.63, 3.8) is 0 Å². The van der Waals surface area contributed by atoms with Crippen molar-refractivity contribution in [3.05, 3.63) is 44.2 Å². The summed E-state index contributed by atoms with van der Waals surface area (Å²) in [5, 5.41) is 0.725. The molecule has 0 spiro atoms. The van der Waals surface area contributed by atoms with Gasteiger partial charge in [-0.3, -0.25) is 9.59 Å². The Morgan fingerprint density at radius 3 is 2.35 bits per heavy atom. The first-order chi connectivity index (χ1) is 9.34. The van der Waals surface area contributed by atoms with E-state index in [0.29, 0.717) is 6.42 Å². The van der Waals surface area contributed by atoms with Gasteiger partial charge in [0, 0.05) is 35.2 Å². The van der Waals surface area contributed by atoms with Gasteiger partial charge in [0.25, 0.3) is 0 Å². The highest BCUT2D eigenvalue weighted by atomic mass is 16.1. The first kappa shape index (κ1) is 13.1. The number of benzene rings is 1. The van der Waals surface area contributed by atoms with Gasteiger partial charge < -0.3 is 4.57 Å². The van der Waals surface area contributed by atoms with E-state index >= 15 is 0 Å². The number of hydrogen-bond donors (Lipinski definition) is 0. The maximum atomic E-state index is 12.5. The predicted octanol–water partition coefficient (Wildman–Crippen LogP) is 3.38. The van der Waals surface area contributed by atoms with Crippen molar-refractivity contribution in [1.82, 2.24) is 4.57 Å². The zero-order valence-corrected chi connectivity index (χ0v) is 12.6. The summed E-state index contributed by atoms with van der Waals surface area (Å²) in [6.07, 6.45) is 2.41. The van der Waals surface area contributed by atoms with Gasteiger partial charge in [-0.25, -0.2) is 0 Å². The molecular formula is C17H19NO2. The molecule has 1 aromatic carbocycles. The van der Waals surface area contributed by atoms with Gasteiger partial charge in [-0.05, 0) is 51.3 Å². The summed E-state index contributed by atoms with van der Waals surface area (Å²) >= 11 is 0. The number of carbonyl (C=O) groups excluding carboxylic acids is 1. The minimum atomic E-state index is 0.0556. The third-order valence-electron chi connectivity index (χ3n) is 4.76. The van der Waals surface area contributed by atoms with Crippen LogP contribution in [0.5, 0.6) is 0 Å². The van der Waals surface area contributed by atoms with Gasteiger partial charge >= 0.3 is 0 Å². The lowest BCUT2D eigenvalue weighted by Crippen LogP contribution is -2.25. The smallest absolute Gasteiger partial charge is 0.192 e. The van der Waals surface area contributed by atoms with Crippen LogP contribution in [0, 0.1) is 27.7 Å². The fourth-order valence-electron chi connectivity index (χ4n) is 3.36. The second-order valence-corrected chi connectivity index (χ2v) is 6.00. The number of aryl methyl sites for hydroxylation is 2. The minimum Gasteiger partial charge on any atom is -0.343 e. The van der Waals surface area contributed by atoms with Crippen molar-refractivity contribution in [2.45, 2.75) is 47.1 Å². The van der Waals surface area contributed by atoms with Crippen LogP contribution in [-0.2, 0) is 0 Å². The molecule has 2 heterocycles. The van der Waals surface area contributed by atoms with E-state index in [1.165, 1.54) is 0 Å². The van der Waals surface area contributed by atoms with E-state index in [0.717, 1.165) is 38.7 Å². The van der Waals surface area contributed by atoms with Gasteiger partial charge in [0.1, 0.15) is 0 Å². The number of rotatable bonds is 0. The average Bonchev–Trinajstić information content (AvgIpc) is 2.38. The number of hydrogen-bond acceptors (Lipinski definition) is 2. The quantitative estimate of drug-likeness (QED) is 0.735. The van der Waals surface area contributed by atoms with Crippen LogP contribution in [0.25, 0.3) is 10.9 Å². The van der Waals surface area contributed by atoms with E-state index in [2.05, 4.69) is 4.57 Å². The Morgan fingerprint density at radius 1 is 1.05 bits per heavy atom. The van der Waals surface area contributed by atoms with Crippen molar-refractivity contribution in [3.8, 4) is 0 Å². The molecule has 1 atom stereocenters. The lowest BCUT2D eigenvalue weighted by molar-refractivity contribution is 0.0960. The highest BCUT2D eigenvalue weighted by Gasteiger charge is 2.28. The standard InChI is InChI=1S/C17H19NO2/c1-8-7-18-9(2)6-13(19)14-11(4)10(3)12(5)15(16(14)18)17(8)20/h7,9H,6H2,1-5H3. The lowest BCUT2D eigenvalue weighted by Gasteiger charge is -2.28. The summed E-state index contributed by atoms with van der Waals surface area (Å²) in [6.45, 7) is 9.85. The van der Waals surface area contributed by atoms with Gasteiger partial charge in [-0.1, -0.05) is 0 Å². The van der Waals surface area contributed by atoms with Gasteiger partial charge in [0.15, 0.2) is 11.2 Å². The molecule has 104 valence electrons. The third kappa shape index (κ3) is 1.46. The third-order valence-corrected chi connectivity index (χ3v) is 4.76. The highest BCUT2D eigenvalue weighted by Crippen LogP contribution is 2.35. The summed E-state index contributed by atoms with van der Waals surface area (Å²) in [5.74, 6) is 0.159. The molecule has 0 aliphatic carbocycles. The maximum absolute atomic E-state index is 12.5. The number of aromatic nitrogens is 1. The zero-order chi connectivity index (χ0) is 14.8. The monoisotopic (exact) mass is 269 g/mol. The summed E-state index contributed by atoms with van der Waals surface area (Å²) in [5.41, 5.74) is 5.47. The van der Waals surface area contributed by atoms with Gasteiger partial charge in [0.2, 0.25) is 0 Å². The number of Topliss-reactive ketones (excluding diaryl/α,β-unsaturated/α-hetero) is 1. The summed E-state index contributed by atoms with van der Waals surface area (Å²) < 4.78 is 2.11. The predicted molar refractivity (Wildman–Crippen MR) is 80.8 cm³/mol. The number of carbonyl (C=O) groups is 1.